The molecule has 0 fully saturated rings. The Morgan fingerprint density at radius 2 is 0.538 bits per heavy atom. The lowest BCUT2D eigenvalue weighted by Gasteiger charge is -2.36. The molecule has 2 heteroatoms. The molecule has 0 saturated heterocycles. The van der Waals surface area contributed by atoms with Gasteiger partial charge in [-0.15, -0.1) is 0 Å². The van der Waals surface area contributed by atoms with Crippen LogP contribution in [0.2, 0.25) is 0 Å². The van der Waals surface area contributed by atoms with Crippen LogP contribution in [0.5, 0.6) is 0 Å². The number of hydrogen-bond acceptors (Lipinski definition) is 0. The van der Waals surface area contributed by atoms with Crippen LogP contribution in [0.25, 0.3) is 0 Å². The van der Waals surface area contributed by atoms with Gasteiger partial charge in [0.1, 0.15) is 15.9 Å². The molecule has 0 aliphatic carbocycles. The Balaban J connectivity index is 0.00000308. The Morgan fingerprint density at radius 1 is 0.282 bits per heavy atom. The van der Waals surface area contributed by atoms with Crippen LogP contribution in [-0.2, 0) is 5.41 Å². The van der Waals surface area contributed by atoms with Gasteiger partial charge in [0.15, 0.2) is 0 Å². The van der Waals surface area contributed by atoms with Crippen molar-refractivity contribution in [3.63, 3.8) is 0 Å². The Bertz CT molecular complexity index is 1430. The number of benzene rings is 6. The highest BCUT2D eigenvalue weighted by Gasteiger charge is 2.38. The Labute approximate surface area is 235 Å². The third kappa shape index (κ3) is 5.11. The highest BCUT2D eigenvalue weighted by atomic mass is 31.1. The van der Waals surface area contributed by atoms with Crippen LogP contribution in [0, 0.1) is 0 Å². The summed E-state index contributed by atoms with van der Waals surface area (Å²) in [5.74, 6) is 0. The van der Waals surface area contributed by atoms with Crippen LogP contribution in [0.4, 0.5) is 0 Å². The first-order valence-electron chi connectivity index (χ1n) is 13.1. The minimum Gasteiger partial charge on any atom is -0.0626 e. The maximum Gasteiger partial charge on any atom is 0.102 e. The maximum absolute atomic E-state index is 2.37. The van der Waals surface area contributed by atoms with Gasteiger partial charge in [0, 0.05) is 0 Å². The van der Waals surface area contributed by atoms with E-state index in [1.807, 2.05) is 0 Å². The summed E-state index contributed by atoms with van der Waals surface area (Å²) in [6, 6.07) is 64.1. The molecule has 0 amide bonds. The lowest BCUT2D eigenvalue weighted by Crippen LogP contribution is -2.31. The molecule has 0 N–H and O–H groups in total. The third-order valence-electron chi connectivity index (χ3n) is 7.35. The largest absolute Gasteiger partial charge is 0.102 e. The van der Waals surface area contributed by atoms with Gasteiger partial charge in [0.2, 0.25) is 0 Å². The molecule has 0 aliphatic rings. The second-order valence-electron chi connectivity index (χ2n) is 9.53. The zero-order valence-corrected chi connectivity index (χ0v) is 22.2. The quantitative estimate of drug-likeness (QED) is 0.135. The van der Waals surface area contributed by atoms with E-state index in [-0.39, 0.29) is 8.41 Å². The van der Waals surface area contributed by atoms with Crippen LogP contribution < -0.4 is 15.9 Å². The SMILES string of the molecule is [BH4-].c1ccc([PH+](c2ccccc2)c2ccc(C(c3ccccc3)(c3ccccc3)c3ccccc3)cc2)cc1. The zero-order valence-electron chi connectivity index (χ0n) is 21.2. The van der Waals surface area contributed by atoms with Crippen molar-refractivity contribution in [1.82, 2.24) is 0 Å². The fourth-order valence-corrected chi connectivity index (χ4v) is 8.21. The summed E-state index contributed by atoms with van der Waals surface area (Å²) in [6.45, 7) is 0. The summed E-state index contributed by atoms with van der Waals surface area (Å²) in [4.78, 5) is 0. The topological polar surface area (TPSA) is 0 Å². The van der Waals surface area contributed by atoms with Gasteiger partial charge < -0.3 is 0 Å². The monoisotopic (exact) mass is 520 g/mol. The summed E-state index contributed by atoms with van der Waals surface area (Å²) in [7, 11) is -1.13. The molecule has 0 heterocycles. The Hall–Kier alpha value is -4.19. The van der Waals surface area contributed by atoms with Gasteiger partial charge in [0.25, 0.3) is 0 Å². The third-order valence-corrected chi connectivity index (χ3v) is 10.1. The predicted molar refractivity (Wildman–Crippen MR) is 176 cm³/mol. The minimum absolute atomic E-state index is 0. The average Bonchev–Trinajstić information content (AvgIpc) is 3.01. The van der Waals surface area contributed by atoms with Gasteiger partial charge in [-0.1, -0.05) is 148 Å². The summed E-state index contributed by atoms with van der Waals surface area (Å²) in [6.07, 6.45) is 0. The maximum atomic E-state index is 2.37. The summed E-state index contributed by atoms with van der Waals surface area (Å²) in [5, 5.41) is 4.19. The van der Waals surface area contributed by atoms with E-state index in [1.54, 1.807) is 0 Å². The molecule has 6 aromatic carbocycles. The van der Waals surface area contributed by atoms with Gasteiger partial charge in [0.05, 0.1) is 13.3 Å². The molecular weight excluding hydrogens is 486 g/mol. The molecular formula is C37H34BP. The molecule has 0 saturated carbocycles. The van der Waals surface area contributed by atoms with Crippen molar-refractivity contribution in [2.75, 3.05) is 0 Å². The molecule has 0 unspecified atom stereocenters. The van der Waals surface area contributed by atoms with E-state index >= 15 is 0 Å². The van der Waals surface area contributed by atoms with E-state index in [4.69, 9.17) is 0 Å². The lowest BCUT2D eigenvalue weighted by molar-refractivity contribution is 0.745. The second kappa shape index (κ2) is 12.1. The summed E-state index contributed by atoms with van der Waals surface area (Å²) >= 11 is 0. The molecule has 0 radical (unpaired) electrons. The van der Waals surface area contributed by atoms with Crippen molar-refractivity contribution in [2.45, 2.75) is 5.41 Å². The van der Waals surface area contributed by atoms with Crippen LogP contribution in [-0.4, -0.2) is 8.41 Å². The molecule has 6 rings (SSSR count). The van der Waals surface area contributed by atoms with E-state index < -0.39 is 13.3 Å². The van der Waals surface area contributed by atoms with E-state index in [1.165, 1.54) is 38.2 Å². The summed E-state index contributed by atoms with van der Waals surface area (Å²) < 4.78 is 0. The van der Waals surface area contributed by atoms with Crippen LogP contribution in [0.15, 0.2) is 176 Å². The van der Waals surface area contributed by atoms with E-state index in [9.17, 15) is 0 Å². The van der Waals surface area contributed by atoms with Crippen molar-refractivity contribution in [1.29, 1.82) is 0 Å². The zero-order chi connectivity index (χ0) is 25.6. The average molecular weight is 520 g/mol. The Kier molecular flexibility index (Phi) is 8.21. The van der Waals surface area contributed by atoms with Crippen LogP contribution in [0.3, 0.4) is 0 Å². The molecule has 6 aromatic rings. The minimum atomic E-state index is -1.13. The van der Waals surface area contributed by atoms with Gasteiger partial charge in [-0.2, -0.15) is 0 Å². The number of rotatable bonds is 7. The van der Waals surface area contributed by atoms with Gasteiger partial charge in [-0.3, -0.25) is 0 Å². The van der Waals surface area contributed by atoms with Crippen molar-refractivity contribution >= 4 is 32.2 Å². The summed E-state index contributed by atoms with van der Waals surface area (Å²) in [5.41, 5.74) is 4.65. The first-order valence-corrected chi connectivity index (χ1v) is 14.6. The molecule has 190 valence electrons. The highest BCUT2D eigenvalue weighted by Crippen LogP contribution is 2.45. The van der Waals surface area contributed by atoms with Crippen molar-refractivity contribution in [3.05, 3.63) is 198 Å². The smallest absolute Gasteiger partial charge is 0.0626 e. The van der Waals surface area contributed by atoms with Gasteiger partial charge >= 0.3 is 0 Å². The van der Waals surface area contributed by atoms with E-state index in [0.717, 1.165) is 0 Å². The fraction of sp³-hybridized carbons (Fsp3) is 0.0270. The van der Waals surface area contributed by atoms with Crippen LogP contribution in [0.1, 0.15) is 22.3 Å². The van der Waals surface area contributed by atoms with Crippen molar-refractivity contribution in [2.24, 2.45) is 0 Å². The highest BCUT2D eigenvalue weighted by molar-refractivity contribution is 7.79. The first kappa shape index (κ1) is 26.4. The molecule has 0 aliphatic heterocycles. The fourth-order valence-electron chi connectivity index (χ4n) is 5.66. The molecule has 0 nitrogen and oxygen atoms in total. The molecule has 0 bridgehead atoms. The van der Waals surface area contributed by atoms with Gasteiger partial charge in [-0.05, 0) is 58.7 Å². The lowest BCUT2D eigenvalue weighted by atomic mass is 9.65. The molecule has 39 heavy (non-hydrogen) atoms. The van der Waals surface area contributed by atoms with E-state index in [2.05, 4.69) is 176 Å². The molecule has 0 spiro atoms. The predicted octanol–water partition coefficient (Wildman–Crippen LogP) is 6.11. The van der Waals surface area contributed by atoms with E-state index in [0.29, 0.717) is 0 Å². The van der Waals surface area contributed by atoms with Crippen molar-refractivity contribution in [3.8, 4) is 0 Å². The standard InChI is InChI=1S/C37H29P.BH4/c1-6-16-30(17-7-1)37(31-18-8-2-9-19-31,32-20-10-3-11-21-32)33-26-28-36(29-27-33)38(34-22-12-4-13-23-34)35-24-14-5-15-25-35;/h1-29H;1H4/q;-1/p+1. The Morgan fingerprint density at radius 3 is 0.872 bits per heavy atom. The van der Waals surface area contributed by atoms with Crippen molar-refractivity contribution < 1.29 is 0 Å². The van der Waals surface area contributed by atoms with Crippen LogP contribution >= 0.6 is 7.92 Å². The molecule has 0 atom stereocenters. The van der Waals surface area contributed by atoms with Gasteiger partial charge in [-0.25, -0.2) is 0 Å². The normalized spacial score (nSPS) is 11.1. The second-order valence-corrected chi connectivity index (χ2v) is 12.0. The number of hydrogen-bond donors (Lipinski definition) is 0. The first-order chi connectivity index (χ1) is 18.9. The molecule has 0 aromatic heterocycles.